The van der Waals surface area contributed by atoms with Crippen LogP contribution in [-0.2, 0) is 9.47 Å². The lowest BCUT2D eigenvalue weighted by Gasteiger charge is -2.25. The summed E-state index contributed by atoms with van der Waals surface area (Å²) in [6, 6.07) is 4.15. The Bertz CT molecular complexity index is 1110. The molecule has 3 aromatic heterocycles. The van der Waals surface area contributed by atoms with Gasteiger partial charge in [-0.15, -0.1) is 0 Å². The Hall–Kier alpha value is -3.20. The van der Waals surface area contributed by atoms with Crippen molar-refractivity contribution in [1.29, 1.82) is 0 Å². The molecule has 170 valence electrons. The first-order chi connectivity index (χ1) is 15.2. The lowest BCUT2D eigenvalue weighted by molar-refractivity contribution is 0.0589. The number of rotatable bonds is 4. The van der Waals surface area contributed by atoms with E-state index in [0.29, 0.717) is 11.5 Å². The molecule has 3 aromatic rings. The predicted octanol–water partition coefficient (Wildman–Crippen LogP) is 4.60. The number of nitrogens with zero attached hydrogens (tertiary/aromatic N) is 5. The van der Waals surface area contributed by atoms with E-state index in [1.807, 2.05) is 46.0 Å². The molecule has 32 heavy (non-hydrogen) atoms. The van der Waals surface area contributed by atoms with Crippen LogP contribution in [0.3, 0.4) is 0 Å². The average molecular weight is 439 g/mol. The summed E-state index contributed by atoms with van der Waals surface area (Å²) in [5, 5.41) is 9.17. The van der Waals surface area contributed by atoms with Crippen LogP contribution < -0.4 is 10.2 Å². The summed E-state index contributed by atoms with van der Waals surface area (Å²) >= 11 is 0. The van der Waals surface area contributed by atoms with Crippen molar-refractivity contribution < 1.29 is 14.3 Å². The molecule has 0 unspecified atom stereocenters. The number of aromatic nitrogens is 4. The molecule has 9 heteroatoms. The van der Waals surface area contributed by atoms with E-state index in [1.165, 1.54) is 4.90 Å². The number of ether oxygens (including phenoxy) is 2. The van der Waals surface area contributed by atoms with E-state index < -0.39 is 11.7 Å². The molecule has 0 radical (unpaired) electrons. The Kier molecular flexibility index (Phi) is 6.01. The Balaban J connectivity index is 1.63. The van der Waals surface area contributed by atoms with Gasteiger partial charge in [0, 0.05) is 32.7 Å². The number of hydrogen-bond donors (Lipinski definition) is 1. The van der Waals surface area contributed by atoms with Crippen molar-refractivity contribution in [2.45, 2.75) is 52.2 Å². The fourth-order valence-electron chi connectivity index (χ4n) is 3.78. The highest BCUT2D eigenvalue weighted by Gasteiger charge is 2.23. The van der Waals surface area contributed by atoms with Gasteiger partial charge < -0.3 is 14.8 Å². The largest absolute Gasteiger partial charge is 0.443 e. The molecule has 9 nitrogen and oxygen atoms in total. The second-order valence-electron chi connectivity index (χ2n) is 9.02. The molecular formula is C23H30N6O3. The van der Waals surface area contributed by atoms with Crippen LogP contribution in [0.4, 0.5) is 22.0 Å². The van der Waals surface area contributed by atoms with Gasteiger partial charge in [0.25, 0.3) is 0 Å². The molecule has 0 atom stereocenters. The minimum atomic E-state index is -0.578. The number of hydrogen-bond acceptors (Lipinski definition) is 7. The highest BCUT2D eigenvalue weighted by molar-refractivity contribution is 5.92. The fraction of sp³-hybridized carbons (Fsp3) is 0.478. The van der Waals surface area contributed by atoms with Crippen molar-refractivity contribution in [3.63, 3.8) is 0 Å². The maximum absolute atomic E-state index is 12.6. The maximum atomic E-state index is 12.6. The average Bonchev–Trinajstić information content (AvgIpc) is 3.12. The Morgan fingerprint density at radius 2 is 2.03 bits per heavy atom. The minimum absolute atomic E-state index is 0.286. The third-order valence-electron chi connectivity index (χ3n) is 5.40. The van der Waals surface area contributed by atoms with Gasteiger partial charge in [-0.25, -0.2) is 4.79 Å². The molecule has 1 saturated heterocycles. The van der Waals surface area contributed by atoms with E-state index in [9.17, 15) is 4.79 Å². The lowest BCUT2D eigenvalue weighted by atomic mass is 10.1. The summed E-state index contributed by atoms with van der Waals surface area (Å²) in [5.74, 6) is 0.705. The van der Waals surface area contributed by atoms with Crippen molar-refractivity contribution >= 4 is 34.2 Å². The number of aryl methyl sites for hydroxylation is 1. The highest BCUT2D eigenvalue weighted by Crippen LogP contribution is 2.32. The molecule has 1 aliphatic heterocycles. The third kappa shape index (κ3) is 4.67. The molecule has 1 aliphatic rings. The first kappa shape index (κ1) is 22.0. The SMILES string of the molecule is Cc1ncc(Nc2nn(C3CCOCC3)c3ccncc23)cc1N(C)C(=O)OC(C)(C)C. The number of carbonyl (C=O) groups excluding carboxylic acids is 1. The zero-order chi connectivity index (χ0) is 22.9. The van der Waals surface area contributed by atoms with Gasteiger partial charge in [-0.1, -0.05) is 0 Å². The first-order valence-electron chi connectivity index (χ1n) is 10.8. The Labute approximate surface area is 187 Å². The van der Waals surface area contributed by atoms with Crippen molar-refractivity contribution in [2.24, 2.45) is 0 Å². The zero-order valence-corrected chi connectivity index (χ0v) is 19.3. The van der Waals surface area contributed by atoms with E-state index in [1.54, 1.807) is 19.4 Å². The summed E-state index contributed by atoms with van der Waals surface area (Å²) in [6.45, 7) is 8.87. The van der Waals surface area contributed by atoms with Crippen LogP contribution in [-0.4, -0.2) is 51.7 Å². The summed E-state index contributed by atoms with van der Waals surface area (Å²) < 4.78 is 13.1. The van der Waals surface area contributed by atoms with Crippen LogP contribution in [0, 0.1) is 6.92 Å². The smallest absolute Gasteiger partial charge is 0.414 e. The highest BCUT2D eigenvalue weighted by atomic mass is 16.6. The monoisotopic (exact) mass is 438 g/mol. The van der Waals surface area contributed by atoms with Gasteiger partial charge in [-0.2, -0.15) is 5.10 Å². The van der Waals surface area contributed by atoms with Gasteiger partial charge in [0.05, 0.1) is 40.2 Å². The number of pyridine rings is 2. The van der Waals surface area contributed by atoms with Crippen LogP contribution in [0.2, 0.25) is 0 Å². The van der Waals surface area contributed by atoms with Crippen molar-refractivity contribution in [2.75, 3.05) is 30.5 Å². The molecule has 0 aromatic carbocycles. The van der Waals surface area contributed by atoms with E-state index in [2.05, 4.69) is 20.0 Å². The van der Waals surface area contributed by atoms with Gasteiger partial charge in [0.2, 0.25) is 0 Å². The summed E-state index contributed by atoms with van der Waals surface area (Å²) in [7, 11) is 1.68. The zero-order valence-electron chi connectivity index (χ0n) is 19.3. The first-order valence-corrected chi connectivity index (χ1v) is 10.8. The van der Waals surface area contributed by atoms with Crippen LogP contribution >= 0.6 is 0 Å². The minimum Gasteiger partial charge on any atom is -0.443 e. The van der Waals surface area contributed by atoms with Gasteiger partial charge in [0.1, 0.15) is 5.60 Å². The van der Waals surface area contributed by atoms with Crippen LogP contribution in [0.1, 0.15) is 45.3 Å². The molecule has 0 aliphatic carbocycles. The van der Waals surface area contributed by atoms with Crippen LogP contribution in [0.15, 0.2) is 30.7 Å². The number of carbonyl (C=O) groups is 1. The Morgan fingerprint density at radius 3 is 2.75 bits per heavy atom. The molecule has 0 spiro atoms. The summed E-state index contributed by atoms with van der Waals surface area (Å²) in [6.07, 6.45) is 6.75. The number of anilines is 3. The van der Waals surface area contributed by atoms with Gasteiger partial charge in [-0.05, 0) is 52.7 Å². The topological polar surface area (TPSA) is 94.4 Å². The molecule has 0 bridgehead atoms. The molecule has 1 fully saturated rings. The molecular weight excluding hydrogens is 408 g/mol. The number of amides is 1. The Morgan fingerprint density at radius 1 is 1.28 bits per heavy atom. The number of fused-ring (bicyclic) bond motifs is 1. The quantitative estimate of drug-likeness (QED) is 0.636. The van der Waals surface area contributed by atoms with Crippen LogP contribution in [0.5, 0.6) is 0 Å². The van der Waals surface area contributed by atoms with Gasteiger partial charge in [-0.3, -0.25) is 19.5 Å². The fourth-order valence-corrected chi connectivity index (χ4v) is 3.78. The molecule has 1 N–H and O–H groups in total. The van der Waals surface area contributed by atoms with E-state index in [-0.39, 0.29) is 6.04 Å². The van der Waals surface area contributed by atoms with Crippen LogP contribution in [0.25, 0.3) is 10.9 Å². The molecule has 1 amide bonds. The van der Waals surface area contributed by atoms with Crippen molar-refractivity contribution in [1.82, 2.24) is 19.7 Å². The molecule has 0 saturated carbocycles. The molecule has 4 rings (SSSR count). The third-order valence-corrected chi connectivity index (χ3v) is 5.40. The van der Waals surface area contributed by atoms with Crippen molar-refractivity contribution in [3.8, 4) is 0 Å². The number of nitrogens with one attached hydrogen (secondary N) is 1. The van der Waals surface area contributed by atoms with Gasteiger partial charge in [0.15, 0.2) is 5.82 Å². The maximum Gasteiger partial charge on any atom is 0.414 e. The molecule has 4 heterocycles. The van der Waals surface area contributed by atoms with E-state index >= 15 is 0 Å². The normalized spacial score (nSPS) is 15.0. The standard InChI is InChI=1S/C23H30N6O3/c1-15-20(28(5)22(30)32-23(2,3)4)12-16(13-25-15)26-21-18-14-24-9-6-19(18)29(27-21)17-7-10-31-11-8-17/h6,9,12-14,17H,7-8,10-11H2,1-5H3,(H,26,27). The predicted molar refractivity (Wildman–Crippen MR) is 124 cm³/mol. The van der Waals surface area contributed by atoms with E-state index in [0.717, 1.165) is 48.3 Å². The second-order valence-corrected chi connectivity index (χ2v) is 9.02. The van der Waals surface area contributed by atoms with E-state index in [4.69, 9.17) is 14.6 Å². The second kappa shape index (κ2) is 8.74. The summed E-state index contributed by atoms with van der Waals surface area (Å²) in [4.78, 5) is 22.8. The van der Waals surface area contributed by atoms with Gasteiger partial charge >= 0.3 is 6.09 Å². The summed E-state index contributed by atoms with van der Waals surface area (Å²) in [5.41, 5.74) is 2.56. The lowest BCUT2D eigenvalue weighted by Crippen LogP contribution is -2.34. The van der Waals surface area contributed by atoms with Crippen molar-refractivity contribution in [3.05, 3.63) is 36.4 Å².